The van der Waals surface area contributed by atoms with E-state index in [0.29, 0.717) is 23.1 Å². The van der Waals surface area contributed by atoms with E-state index in [0.717, 1.165) is 31.2 Å². The molecular weight excluding hydrogens is 351 g/mol. The van der Waals surface area contributed by atoms with E-state index in [1.165, 1.54) is 24.8 Å². The Kier molecular flexibility index (Phi) is 7.02. The van der Waals surface area contributed by atoms with E-state index in [1.54, 1.807) is 12.1 Å². The third-order valence-corrected chi connectivity index (χ3v) is 5.28. The van der Waals surface area contributed by atoms with Gasteiger partial charge in [0.1, 0.15) is 17.0 Å². The summed E-state index contributed by atoms with van der Waals surface area (Å²) < 4.78 is 20.5. The minimum atomic E-state index is -0.584. The lowest BCUT2D eigenvalue weighted by Gasteiger charge is -2.09. The van der Waals surface area contributed by atoms with Crippen molar-refractivity contribution in [3.63, 3.8) is 0 Å². The van der Waals surface area contributed by atoms with Gasteiger partial charge < -0.3 is 4.42 Å². The van der Waals surface area contributed by atoms with Crippen molar-refractivity contribution in [1.29, 1.82) is 0 Å². The summed E-state index contributed by atoms with van der Waals surface area (Å²) in [4.78, 5) is 12.4. The molecular formula is C25H29FO2. The number of benzene rings is 2. The number of unbranched alkanes of at least 4 members (excludes halogenated alkanes) is 4. The first kappa shape index (κ1) is 20.3. The van der Waals surface area contributed by atoms with Crippen molar-refractivity contribution in [1.82, 2.24) is 0 Å². The summed E-state index contributed by atoms with van der Waals surface area (Å²) in [5.74, 6) is 0.139. The summed E-state index contributed by atoms with van der Waals surface area (Å²) >= 11 is 0. The Labute approximate surface area is 166 Å². The minimum Gasteiger partial charge on any atom is -0.427 e. The van der Waals surface area contributed by atoms with Crippen molar-refractivity contribution in [2.75, 3.05) is 0 Å². The summed E-state index contributed by atoms with van der Waals surface area (Å²) in [5, 5.41) is 0.656. The molecule has 2 aromatic carbocycles. The molecule has 0 saturated carbocycles. The Morgan fingerprint density at radius 1 is 0.857 bits per heavy atom. The van der Waals surface area contributed by atoms with Gasteiger partial charge >= 0.3 is 5.63 Å². The van der Waals surface area contributed by atoms with Gasteiger partial charge in [0.05, 0.1) is 0 Å². The molecule has 0 aliphatic heterocycles. The number of hydrogen-bond donors (Lipinski definition) is 0. The molecule has 0 amide bonds. The molecule has 1 heterocycles. The van der Waals surface area contributed by atoms with E-state index >= 15 is 4.39 Å². The number of fused-ring (bicyclic) bond motifs is 1. The van der Waals surface area contributed by atoms with Crippen LogP contribution in [0, 0.1) is 5.82 Å². The Morgan fingerprint density at radius 2 is 1.54 bits per heavy atom. The third-order valence-electron chi connectivity index (χ3n) is 5.28. The lowest BCUT2D eigenvalue weighted by atomic mass is 9.98. The minimum absolute atomic E-state index is 0.0452. The van der Waals surface area contributed by atoms with Gasteiger partial charge in [0.2, 0.25) is 0 Å². The fraction of sp³-hybridized carbons (Fsp3) is 0.400. The van der Waals surface area contributed by atoms with E-state index < -0.39 is 11.4 Å². The zero-order valence-corrected chi connectivity index (χ0v) is 16.9. The van der Waals surface area contributed by atoms with Crippen LogP contribution < -0.4 is 5.63 Å². The van der Waals surface area contributed by atoms with Crippen LogP contribution in [0.1, 0.15) is 63.7 Å². The fourth-order valence-electron chi connectivity index (χ4n) is 3.62. The second kappa shape index (κ2) is 9.68. The van der Waals surface area contributed by atoms with Gasteiger partial charge in [-0.25, -0.2) is 9.18 Å². The molecule has 3 rings (SSSR count). The van der Waals surface area contributed by atoms with Crippen molar-refractivity contribution in [2.24, 2.45) is 0 Å². The maximum atomic E-state index is 15.1. The molecule has 3 aromatic rings. The average molecular weight is 381 g/mol. The molecule has 28 heavy (non-hydrogen) atoms. The fourth-order valence-corrected chi connectivity index (χ4v) is 3.62. The lowest BCUT2D eigenvalue weighted by molar-refractivity contribution is 0.455. The molecule has 148 valence electrons. The monoisotopic (exact) mass is 380 g/mol. The summed E-state index contributed by atoms with van der Waals surface area (Å²) in [6, 6.07) is 13.4. The topological polar surface area (TPSA) is 30.2 Å². The highest BCUT2D eigenvalue weighted by Crippen LogP contribution is 2.28. The zero-order chi connectivity index (χ0) is 19.9. The van der Waals surface area contributed by atoms with Gasteiger partial charge in [0, 0.05) is 12.0 Å². The number of halogens is 1. The van der Waals surface area contributed by atoms with Crippen LogP contribution in [0.4, 0.5) is 4.39 Å². The Bertz CT molecular complexity index is 970. The van der Waals surface area contributed by atoms with Gasteiger partial charge in [-0.15, -0.1) is 0 Å². The molecule has 0 fully saturated rings. The van der Waals surface area contributed by atoms with Crippen LogP contribution >= 0.6 is 0 Å². The third kappa shape index (κ3) is 4.70. The molecule has 3 heteroatoms. The van der Waals surface area contributed by atoms with Crippen LogP contribution in [0.5, 0.6) is 0 Å². The van der Waals surface area contributed by atoms with Gasteiger partial charge in [-0.3, -0.25) is 0 Å². The molecule has 0 aliphatic rings. The highest BCUT2D eigenvalue weighted by atomic mass is 19.1. The van der Waals surface area contributed by atoms with Crippen LogP contribution in [0.2, 0.25) is 0 Å². The molecule has 0 bridgehead atoms. The second-order valence-electron chi connectivity index (χ2n) is 7.50. The van der Waals surface area contributed by atoms with E-state index in [2.05, 4.69) is 13.8 Å². The van der Waals surface area contributed by atoms with E-state index in [1.807, 2.05) is 30.3 Å². The summed E-state index contributed by atoms with van der Waals surface area (Å²) in [6.07, 6.45) is 8.50. The van der Waals surface area contributed by atoms with Crippen LogP contribution in [-0.4, -0.2) is 0 Å². The number of hydrogen-bond acceptors (Lipinski definition) is 2. The quantitative estimate of drug-likeness (QED) is 0.372. The Hall–Kier alpha value is -2.42. The molecule has 0 radical (unpaired) electrons. The summed E-state index contributed by atoms with van der Waals surface area (Å²) in [5.41, 5.74) is 1.90. The van der Waals surface area contributed by atoms with Crippen molar-refractivity contribution >= 4 is 10.8 Å². The van der Waals surface area contributed by atoms with Gasteiger partial charge in [0.25, 0.3) is 0 Å². The Morgan fingerprint density at radius 3 is 2.21 bits per heavy atom. The molecule has 0 N–H and O–H groups in total. The van der Waals surface area contributed by atoms with Gasteiger partial charge in [-0.05, 0) is 41.8 Å². The normalized spacial score (nSPS) is 11.2. The summed E-state index contributed by atoms with van der Waals surface area (Å²) in [6.45, 7) is 4.32. The van der Waals surface area contributed by atoms with Crippen LogP contribution in [0.25, 0.3) is 21.9 Å². The molecule has 0 unspecified atom stereocenters. The van der Waals surface area contributed by atoms with E-state index in [4.69, 9.17) is 4.42 Å². The average Bonchev–Trinajstić information content (AvgIpc) is 2.69. The summed E-state index contributed by atoms with van der Waals surface area (Å²) in [7, 11) is 0. The lowest BCUT2D eigenvalue weighted by Crippen LogP contribution is -2.05. The molecule has 0 aliphatic carbocycles. The van der Waals surface area contributed by atoms with Crippen LogP contribution in [0.3, 0.4) is 0 Å². The second-order valence-corrected chi connectivity index (χ2v) is 7.50. The highest BCUT2D eigenvalue weighted by molar-refractivity contribution is 5.87. The van der Waals surface area contributed by atoms with Crippen molar-refractivity contribution in [3.05, 3.63) is 70.0 Å². The van der Waals surface area contributed by atoms with Crippen LogP contribution in [-0.2, 0) is 12.8 Å². The Balaban J connectivity index is 1.88. The first-order valence-electron chi connectivity index (χ1n) is 10.5. The van der Waals surface area contributed by atoms with E-state index in [-0.39, 0.29) is 5.39 Å². The number of aryl methyl sites for hydroxylation is 2. The van der Waals surface area contributed by atoms with Gasteiger partial charge in [-0.1, -0.05) is 75.9 Å². The van der Waals surface area contributed by atoms with Crippen molar-refractivity contribution < 1.29 is 8.81 Å². The maximum absolute atomic E-state index is 15.1. The molecule has 2 nitrogen and oxygen atoms in total. The number of rotatable bonds is 9. The predicted octanol–water partition coefficient (Wildman–Crippen LogP) is 7.06. The van der Waals surface area contributed by atoms with Crippen LogP contribution in [0.15, 0.2) is 51.7 Å². The predicted molar refractivity (Wildman–Crippen MR) is 114 cm³/mol. The first-order valence-corrected chi connectivity index (χ1v) is 10.5. The SMILES string of the molecule is CCCCCc1ccc(-c2ccc3cc(CCCCC)oc(=O)c3c2F)cc1. The standard InChI is InChI=1S/C25H29FO2/c1-3-5-7-9-18-11-13-19(14-12-18)22-16-15-20-17-21(10-8-6-4-2)28-25(27)23(20)24(22)26/h11-17H,3-10H2,1-2H3. The van der Waals surface area contributed by atoms with Crippen molar-refractivity contribution in [2.45, 2.75) is 65.2 Å². The van der Waals surface area contributed by atoms with Gasteiger partial charge in [0.15, 0.2) is 0 Å². The molecule has 1 aromatic heterocycles. The smallest absolute Gasteiger partial charge is 0.346 e. The highest BCUT2D eigenvalue weighted by Gasteiger charge is 2.14. The zero-order valence-electron chi connectivity index (χ0n) is 16.9. The molecule has 0 saturated heterocycles. The maximum Gasteiger partial charge on any atom is 0.346 e. The molecule has 0 spiro atoms. The van der Waals surface area contributed by atoms with E-state index in [9.17, 15) is 4.79 Å². The first-order chi connectivity index (χ1) is 13.6. The molecule has 0 atom stereocenters. The van der Waals surface area contributed by atoms with Crippen molar-refractivity contribution in [3.8, 4) is 11.1 Å². The van der Waals surface area contributed by atoms with Gasteiger partial charge in [-0.2, -0.15) is 0 Å². The largest absolute Gasteiger partial charge is 0.427 e.